The Morgan fingerprint density at radius 1 is 0.850 bits per heavy atom. The van der Waals surface area contributed by atoms with Crippen LogP contribution in [0.5, 0.6) is 11.5 Å². The standard InChI is InChI=1S/C15H15N2O3/c1-19-13-7-3-11(4-8-13)17(15(16)18)12-5-9-14(20-2)10-6-12/h3-10,16H,1-2H3. The lowest BCUT2D eigenvalue weighted by Crippen LogP contribution is -2.24. The predicted octanol–water partition coefficient (Wildman–Crippen LogP) is 3.24. The Balaban J connectivity index is 2.36. The Morgan fingerprint density at radius 2 is 1.20 bits per heavy atom. The number of hydrogen-bond acceptors (Lipinski definition) is 3. The molecule has 2 aromatic carbocycles. The Morgan fingerprint density at radius 3 is 1.45 bits per heavy atom. The number of ether oxygens (including phenoxy) is 2. The number of nitrogens with one attached hydrogen (secondary N) is 1. The van der Waals surface area contributed by atoms with E-state index >= 15 is 0 Å². The molecule has 5 nitrogen and oxygen atoms in total. The van der Waals surface area contributed by atoms with Crippen molar-refractivity contribution in [2.45, 2.75) is 0 Å². The van der Waals surface area contributed by atoms with Crippen LogP contribution >= 0.6 is 0 Å². The van der Waals surface area contributed by atoms with Crippen LogP contribution in [0.25, 0.3) is 0 Å². The van der Waals surface area contributed by atoms with Gasteiger partial charge in [-0.05, 0) is 48.5 Å². The average molecular weight is 271 g/mol. The van der Waals surface area contributed by atoms with Crippen molar-refractivity contribution in [1.82, 2.24) is 5.73 Å². The summed E-state index contributed by atoms with van der Waals surface area (Å²) in [6, 6.07) is 13.1. The largest absolute Gasteiger partial charge is 0.497 e. The molecule has 0 aliphatic carbocycles. The van der Waals surface area contributed by atoms with Crippen molar-refractivity contribution in [3.63, 3.8) is 0 Å². The van der Waals surface area contributed by atoms with E-state index in [1.807, 2.05) is 0 Å². The minimum Gasteiger partial charge on any atom is -0.497 e. The number of benzene rings is 2. The van der Waals surface area contributed by atoms with Gasteiger partial charge in [-0.3, -0.25) is 4.90 Å². The fourth-order valence-electron chi connectivity index (χ4n) is 1.85. The van der Waals surface area contributed by atoms with Crippen LogP contribution in [0.4, 0.5) is 16.2 Å². The normalized spacial score (nSPS) is 9.90. The Labute approximate surface area is 117 Å². The van der Waals surface area contributed by atoms with E-state index in [1.54, 1.807) is 62.8 Å². The molecule has 0 atom stereocenters. The summed E-state index contributed by atoms with van der Waals surface area (Å²) in [6.07, 6.45) is 0. The molecule has 0 aliphatic heterocycles. The summed E-state index contributed by atoms with van der Waals surface area (Å²) < 4.78 is 10.2. The average Bonchev–Trinajstić information content (AvgIpc) is 2.48. The monoisotopic (exact) mass is 271 g/mol. The van der Waals surface area contributed by atoms with Gasteiger partial charge in [0, 0.05) is 0 Å². The first-order valence-electron chi connectivity index (χ1n) is 5.99. The highest BCUT2D eigenvalue weighted by molar-refractivity contribution is 5.98. The van der Waals surface area contributed by atoms with E-state index in [-0.39, 0.29) is 0 Å². The fourth-order valence-corrected chi connectivity index (χ4v) is 1.85. The molecule has 0 spiro atoms. The van der Waals surface area contributed by atoms with E-state index in [0.29, 0.717) is 22.9 Å². The lowest BCUT2D eigenvalue weighted by molar-refractivity contribution is 0.255. The van der Waals surface area contributed by atoms with Gasteiger partial charge in [0.2, 0.25) is 0 Å². The zero-order valence-corrected chi connectivity index (χ0v) is 11.3. The molecule has 0 aliphatic rings. The van der Waals surface area contributed by atoms with Crippen molar-refractivity contribution in [1.29, 1.82) is 0 Å². The fraction of sp³-hybridized carbons (Fsp3) is 0.133. The van der Waals surface area contributed by atoms with Crippen LogP contribution in [0.15, 0.2) is 48.5 Å². The molecule has 2 amide bonds. The molecule has 0 saturated carbocycles. The molecule has 1 N–H and O–H groups in total. The van der Waals surface area contributed by atoms with E-state index in [4.69, 9.17) is 15.2 Å². The zero-order chi connectivity index (χ0) is 14.5. The van der Waals surface area contributed by atoms with Gasteiger partial charge < -0.3 is 9.47 Å². The van der Waals surface area contributed by atoms with Gasteiger partial charge >= 0.3 is 6.03 Å². The van der Waals surface area contributed by atoms with Gasteiger partial charge in [0.1, 0.15) is 11.5 Å². The molecule has 0 heterocycles. The maximum atomic E-state index is 11.6. The van der Waals surface area contributed by atoms with Crippen molar-refractivity contribution in [2.24, 2.45) is 0 Å². The van der Waals surface area contributed by atoms with E-state index in [0.717, 1.165) is 0 Å². The highest BCUT2D eigenvalue weighted by Gasteiger charge is 2.15. The van der Waals surface area contributed by atoms with Gasteiger partial charge in [-0.2, -0.15) is 0 Å². The molecular formula is C15H15N2O3. The number of hydrogen-bond donors (Lipinski definition) is 0. The molecule has 103 valence electrons. The van der Waals surface area contributed by atoms with Gasteiger partial charge in [-0.1, -0.05) is 0 Å². The van der Waals surface area contributed by atoms with Crippen molar-refractivity contribution in [2.75, 3.05) is 19.1 Å². The Kier molecular flexibility index (Phi) is 4.10. The topological polar surface area (TPSA) is 62.6 Å². The Bertz CT molecular complexity index is 532. The van der Waals surface area contributed by atoms with Crippen LogP contribution in [0.2, 0.25) is 0 Å². The summed E-state index contributed by atoms with van der Waals surface area (Å²) in [5, 5.41) is 0. The van der Waals surface area contributed by atoms with Crippen molar-refractivity contribution < 1.29 is 14.3 Å². The highest BCUT2D eigenvalue weighted by atomic mass is 16.5. The summed E-state index contributed by atoms with van der Waals surface area (Å²) in [7, 11) is 3.15. The van der Waals surface area contributed by atoms with E-state index in [1.165, 1.54) is 4.90 Å². The second-order valence-corrected chi connectivity index (χ2v) is 4.04. The SMILES string of the molecule is COc1ccc(N(C([NH])=O)c2ccc(OC)cc2)cc1. The first kappa shape index (κ1) is 13.7. The van der Waals surface area contributed by atoms with Gasteiger partial charge in [-0.25, -0.2) is 10.5 Å². The van der Waals surface area contributed by atoms with Gasteiger partial charge in [0.25, 0.3) is 0 Å². The van der Waals surface area contributed by atoms with E-state index < -0.39 is 6.03 Å². The first-order valence-corrected chi connectivity index (χ1v) is 5.99. The number of carbonyl (C=O) groups excluding carboxylic acids is 1. The van der Waals surface area contributed by atoms with Crippen molar-refractivity contribution in [3.05, 3.63) is 48.5 Å². The molecule has 0 unspecified atom stereocenters. The lowest BCUT2D eigenvalue weighted by atomic mass is 10.2. The number of urea groups is 1. The van der Waals surface area contributed by atoms with Crippen LogP contribution < -0.4 is 20.1 Å². The molecule has 5 heteroatoms. The number of nitrogens with zero attached hydrogens (tertiary/aromatic N) is 1. The third kappa shape index (κ3) is 2.83. The van der Waals surface area contributed by atoms with Crippen LogP contribution in [0.3, 0.4) is 0 Å². The third-order valence-electron chi connectivity index (χ3n) is 2.86. The van der Waals surface area contributed by atoms with Crippen molar-refractivity contribution >= 4 is 17.4 Å². The minimum atomic E-state index is -0.805. The van der Waals surface area contributed by atoms with Crippen molar-refractivity contribution in [3.8, 4) is 11.5 Å². The van der Waals surface area contributed by atoms with Gasteiger partial charge in [0.15, 0.2) is 0 Å². The second-order valence-electron chi connectivity index (χ2n) is 4.04. The Hall–Kier alpha value is -2.69. The highest BCUT2D eigenvalue weighted by Crippen LogP contribution is 2.28. The van der Waals surface area contributed by atoms with Crippen LogP contribution in [0, 0.1) is 0 Å². The number of methoxy groups -OCH3 is 2. The maximum absolute atomic E-state index is 11.6. The second kappa shape index (κ2) is 5.97. The molecule has 0 fully saturated rings. The van der Waals surface area contributed by atoms with Crippen LogP contribution in [-0.4, -0.2) is 20.3 Å². The number of carbonyl (C=O) groups is 1. The number of amides is 2. The van der Waals surface area contributed by atoms with Crippen LogP contribution in [0.1, 0.15) is 0 Å². The van der Waals surface area contributed by atoms with Crippen LogP contribution in [-0.2, 0) is 0 Å². The minimum absolute atomic E-state index is 0.607. The molecule has 0 bridgehead atoms. The molecule has 0 saturated heterocycles. The van der Waals surface area contributed by atoms with E-state index in [2.05, 4.69) is 0 Å². The summed E-state index contributed by atoms with van der Waals surface area (Å²) >= 11 is 0. The molecule has 20 heavy (non-hydrogen) atoms. The first-order chi connectivity index (χ1) is 9.65. The summed E-state index contributed by atoms with van der Waals surface area (Å²) in [5.74, 6) is 1.39. The number of rotatable bonds is 4. The quantitative estimate of drug-likeness (QED) is 0.857. The van der Waals surface area contributed by atoms with E-state index in [9.17, 15) is 4.79 Å². The molecular weight excluding hydrogens is 256 g/mol. The zero-order valence-electron chi connectivity index (χ0n) is 11.3. The molecule has 2 aromatic rings. The summed E-state index contributed by atoms with van der Waals surface area (Å²) in [6.45, 7) is 0. The smallest absolute Gasteiger partial charge is 0.345 e. The van der Waals surface area contributed by atoms with Gasteiger partial charge in [0.05, 0.1) is 25.6 Å². The molecule has 1 radical (unpaired) electrons. The lowest BCUT2D eigenvalue weighted by Gasteiger charge is -2.20. The maximum Gasteiger partial charge on any atom is 0.345 e. The molecule has 2 rings (SSSR count). The van der Waals surface area contributed by atoms with Gasteiger partial charge in [-0.15, -0.1) is 0 Å². The summed E-state index contributed by atoms with van der Waals surface area (Å²) in [5.41, 5.74) is 8.65. The number of anilines is 2. The molecule has 0 aromatic heterocycles. The predicted molar refractivity (Wildman–Crippen MR) is 76.6 cm³/mol. The summed E-state index contributed by atoms with van der Waals surface area (Å²) in [4.78, 5) is 12.9. The third-order valence-corrected chi connectivity index (χ3v) is 2.86.